The van der Waals surface area contributed by atoms with E-state index in [1.165, 1.54) is 12.0 Å². The Labute approximate surface area is 148 Å². The van der Waals surface area contributed by atoms with E-state index in [0.29, 0.717) is 11.8 Å². The number of hydrogen-bond acceptors (Lipinski definition) is 2. The number of hydrogen-bond donors (Lipinski definition) is 0. The monoisotopic (exact) mass is 378 g/mol. The maximum absolute atomic E-state index is 6.61. The summed E-state index contributed by atoms with van der Waals surface area (Å²) in [5.41, 5.74) is 1.25. The Morgan fingerprint density at radius 2 is 1.78 bits per heavy atom. The molecule has 3 rings (SSSR count). The van der Waals surface area contributed by atoms with Crippen LogP contribution in [-0.4, -0.2) is 11.9 Å². The van der Waals surface area contributed by atoms with Crippen molar-refractivity contribution in [2.75, 3.05) is 0 Å². The molecule has 126 valence electrons. The molecule has 0 aliphatic carbocycles. The van der Waals surface area contributed by atoms with Crippen molar-refractivity contribution >= 4 is 15.9 Å². The van der Waals surface area contributed by atoms with Crippen molar-refractivity contribution in [3.63, 3.8) is 0 Å². The molecule has 3 heteroatoms. The normalized spacial score (nSPS) is 37.7. The summed E-state index contributed by atoms with van der Waals surface area (Å²) >= 11 is 3.51. The van der Waals surface area contributed by atoms with Gasteiger partial charge in [-0.25, -0.2) is 0 Å². The fraction of sp³-hybridized carbons (Fsp3) is 0.600. The van der Waals surface area contributed by atoms with Crippen LogP contribution in [0.1, 0.15) is 57.6 Å². The Hall–Kier alpha value is -0.640. The molecule has 23 heavy (non-hydrogen) atoms. The SMILES string of the molecule is C=CC[C@H]1O[C@@]2(CC[C@@H](C)[C@@H](c3ccc(Br)cc3)O2)CC[C@H]1C. The average molecular weight is 379 g/mol. The van der Waals surface area contributed by atoms with Crippen LogP contribution in [0.2, 0.25) is 0 Å². The van der Waals surface area contributed by atoms with Gasteiger partial charge in [-0.2, -0.15) is 0 Å². The van der Waals surface area contributed by atoms with Gasteiger partial charge >= 0.3 is 0 Å². The standard InChI is InChI=1S/C20H27BrO2/c1-4-5-18-14(2)10-12-20(22-18)13-11-15(3)19(23-20)16-6-8-17(21)9-7-16/h4,6-9,14-15,18-19H,1,5,10-13H2,2-3H3/t14-,15-,18-,19+,20+/m1/s1. The van der Waals surface area contributed by atoms with Gasteiger partial charge in [0.2, 0.25) is 0 Å². The summed E-state index contributed by atoms with van der Waals surface area (Å²) in [5.74, 6) is 0.695. The second-order valence-corrected chi connectivity index (χ2v) is 8.13. The highest BCUT2D eigenvalue weighted by molar-refractivity contribution is 9.10. The lowest BCUT2D eigenvalue weighted by Gasteiger charge is -2.49. The van der Waals surface area contributed by atoms with Gasteiger partial charge in [-0.3, -0.25) is 0 Å². The van der Waals surface area contributed by atoms with E-state index in [0.717, 1.165) is 30.2 Å². The van der Waals surface area contributed by atoms with E-state index in [4.69, 9.17) is 9.47 Å². The molecule has 0 amide bonds. The summed E-state index contributed by atoms with van der Waals surface area (Å²) < 4.78 is 14.2. The zero-order valence-corrected chi connectivity index (χ0v) is 15.7. The summed E-state index contributed by atoms with van der Waals surface area (Å²) in [5, 5.41) is 0. The van der Waals surface area contributed by atoms with Gasteiger partial charge in [0, 0.05) is 17.3 Å². The predicted molar refractivity (Wildman–Crippen MR) is 97.2 cm³/mol. The van der Waals surface area contributed by atoms with Gasteiger partial charge in [-0.1, -0.05) is 48.0 Å². The summed E-state index contributed by atoms with van der Waals surface area (Å²) in [6, 6.07) is 8.52. The van der Waals surface area contributed by atoms with E-state index < -0.39 is 5.79 Å². The molecule has 2 aliphatic rings. The highest BCUT2D eigenvalue weighted by atomic mass is 79.9. The van der Waals surface area contributed by atoms with Gasteiger partial charge in [0.15, 0.2) is 5.79 Å². The minimum absolute atomic E-state index is 0.120. The van der Waals surface area contributed by atoms with Crippen LogP contribution in [0, 0.1) is 11.8 Å². The van der Waals surface area contributed by atoms with Gasteiger partial charge in [0.25, 0.3) is 0 Å². The van der Waals surface area contributed by atoms with E-state index in [1.807, 2.05) is 6.08 Å². The highest BCUT2D eigenvalue weighted by Crippen LogP contribution is 2.47. The number of benzene rings is 1. The van der Waals surface area contributed by atoms with E-state index >= 15 is 0 Å². The summed E-state index contributed by atoms with van der Waals surface area (Å²) in [4.78, 5) is 0. The first-order valence-electron chi connectivity index (χ1n) is 8.75. The third kappa shape index (κ3) is 3.72. The molecule has 2 fully saturated rings. The van der Waals surface area contributed by atoms with E-state index in [-0.39, 0.29) is 12.2 Å². The molecule has 0 radical (unpaired) electrons. The van der Waals surface area contributed by atoms with Crippen molar-refractivity contribution in [1.29, 1.82) is 0 Å². The fourth-order valence-electron chi connectivity index (χ4n) is 3.85. The second kappa shape index (κ2) is 7.08. The molecule has 5 atom stereocenters. The largest absolute Gasteiger partial charge is 0.346 e. The third-order valence-electron chi connectivity index (χ3n) is 5.42. The minimum Gasteiger partial charge on any atom is -0.346 e. The summed E-state index contributed by atoms with van der Waals surface area (Å²) in [6.45, 7) is 8.44. The summed E-state index contributed by atoms with van der Waals surface area (Å²) in [6.07, 6.45) is 7.55. The quantitative estimate of drug-likeness (QED) is 0.598. The van der Waals surface area contributed by atoms with Gasteiger partial charge in [0.1, 0.15) is 0 Å². The van der Waals surface area contributed by atoms with Gasteiger partial charge in [0.05, 0.1) is 12.2 Å². The van der Waals surface area contributed by atoms with E-state index in [2.05, 4.69) is 60.6 Å². The lowest BCUT2D eigenvalue weighted by molar-refractivity contribution is -0.332. The molecule has 0 bridgehead atoms. The number of halogens is 1. The Kier molecular flexibility index (Phi) is 5.29. The lowest BCUT2D eigenvalue weighted by atomic mass is 9.82. The van der Waals surface area contributed by atoms with Crippen LogP contribution >= 0.6 is 15.9 Å². The van der Waals surface area contributed by atoms with Gasteiger partial charge in [-0.05, 0) is 48.8 Å². The lowest BCUT2D eigenvalue weighted by Crippen LogP contribution is -2.49. The van der Waals surface area contributed by atoms with Crippen LogP contribution in [0.4, 0.5) is 0 Å². The molecule has 1 aromatic carbocycles. The number of rotatable bonds is 3. The predicted octanol–water partition coefficient (Wildman–Crippen LogP) is 6.02. The maximum Gasteiger partial charge on any atom is 0.169 e. The van der Waals surface area contributed by atoms with Crippen molar-refractivity contribution in [2.24, 2.45) is 11.8 Å². The Morgan fingerprint density at radius 1 is 1.13 bits per heavy atom. The second-order valence-electron chi connectivity index (χ2n) is 7.21. The maximum atomic E-state index is 6.61. The molecule has 0 saturated carbocycles. The highest BCUT2D eigenvalue weighted by Gasteiger charge is 2.46. The molecule has 0 unspecified atom stereocenters. The van der Waals surface area contributed by atoms with Crippen molar-refractivity contribution < 1.29 is 9.47 Å². The van der Waals surface area contributed by atoms with Crippen molar-refractivity contribution in [1.82, 2.24) is 0 Å². The average Bonchev–Trinajstić information content (AvgIpc) is 2.55. The molecule has 2 nitrogen and oxygen atoms in total. The molecule has 2 saturated heterocycles. The zero-order valence-electron chi connectivity index (χ0n) is 14.1. The summed E-state index contributed by atoms with van der Waals surface area (Å²) in [7, 11) is 0. The van der Waals surface area contributed by atoms with Crippen molar-refractivity contribution in [3.05, 3.63) is 47.0 Å². The fourth-order valence-corrected chi connectivity index (χ4v) is 4.12. The first-order valence-corrected chi connectivity index (χ1v) is 9.54. The van der Waals surface area contributed by atoms with Crippen molar-refractivity contribution in [2.45, 2.75) is 63.9 Å². The van der Waals surface area contributed by atoms with Gasteiger partial charge < -0.3 is 9.47 Å². The smallest absolute Gasteiger partial charge is 0.169 e. The molecule has 2 heterocycles. The van der Waals surface area contributed by atoms with Crippen LogP contribution in [0.3, 0.4) is 0 Å². The first-order chi connectivity index (χ1) is 11.0. The Balaban J connectivity index is 1.79. The minimum atomic E-state index is -0.398. The van der Waals surface area contributed by atoms with Crippen LogP contribution in [0.25, 0.3) is 0 Å². The molecular formula is C20H27BrO2. The molecule has 1 aromatic rings. The van der Waals surface area contributed by atoms with E-state index in [9.17, 15) is 0 Å². The Morgan fingerprint density at radius 3 is 2.43 bits per heavy atom. The van der Waals surface area contributed by atoms with Crippen LogP contribution in [0.5, 0.6) is 0 Å². The van der Waals surface area contributed by atoms with E-state index in [1.54, 1.807) is 0 Å². The topological polar surface area (TPSA) is 18.5 Å². The molecule has 2 aliphatic heterocycles. The van der Waals surface area contributed by atoms with Crippen LogP contribution < -0.4 is 0 Å². The van der Waals surface area contributed by atoms with Crippen LogP contribution in [0.15, 0.2) is 41.4 Å². The molecular weight excluding hydrogens is 352 g/mol. The molecule has 0 N–H and O–H groups in total. The third-order valence-corrected chi connectivity index (χ3v) is 5.95. The van der Waals surface area contributed by atoms with Crippen molar-refractivity contribution in [3.8, 4) is 0 Å². The molecule has 1 spiro atoms. The first kappa shape index (κ1) is 17.2. The molecule has 0 aromatic heterocycles. The van der Waals surface area contributed by atoms with Crippen LogP contribution in [-0.2, 0) is 9.47 Å². The number of ether oxygens (including phenoxy) is 2. The Bertz CT molecular complexity index is 537. The van der Waals surface area contributed by atoms with Gasteiger partial charge in [-0.15, -0.1) is 6.58 Å². The zero-order chi connectivity index (χ0) is 16.4.